The van der Waals surface area contributed by atoms with E-state index in [0.717, 1.165) is 4.90 Å². The van der Waals surface area contributed by atoms with E-state index in [0.29, 0.717) is 22.4 Å². The molecule has 4 atom stereocenters. The number of ether oxygens (including phenoxy) is 3. The lowest BCUT2D eigenvalue weighted by atomic mass is 9.98. The number of rotatable bonds is 11. The third kappa shape index (κ3) is 6.92. The van der Waals surface area contributed by atoms with E-state index in [4.69, 9.17) is 14.2 Å². The lowest BCUT2D eigenvalue weighted by molar-refractivity contribution is -0.164. The van der Waals surface area contributed by atoms with E-state index in [1.807, 2.05) is 0 Å². The van der Waals surface area contributed by atoms with Gasteiger partial charge in [0.25, 0.3) is 5.91 Å². The molecule has 1 N–H and O–H groups in total. The van der Waals surface area contributed by atoms with Crippen molar-refractivity contribution in [2.24, 2.45) is 0 Å². The maximum atomic E-state index is 13.2. The molecule has 2 saturated heterocycles. The predicted molar refractivity (Wildman–Crippen MR) is 162 cm³/mol. The molecule has 3 aromatic rings. The highest BCUT2D eigenvalue weighted by atomic mass is 32.2. The van der Waals surface area contributed by atoms with Crippen LogP contribution in [0.5, 0.6) is 5.75 Å². The van der Waals surface area contributed by atoms with Gasteiger partial charge in [-0.15, -0.1) is 0 Å². The Morgan fingerprint density at radius 2 is 1.67 bits per heavy atom. The second-order valence-electron chi connectivity index (χ2n) is 10.4. The highest BCUT2D eigenvalue weighted by Gasteiger charge is 2.63. The van der Waals surface area contributed by atoms with Gasteiger partial charge in [0.2, 0.25) is 11.3 Å². The number of nitrogens with zero attached hydrogens (tertiary/aromatic N) is 1. The molecule has 5 rings (SSSR count). The van der Waals surface area contributed by atoms with Crippen LogP contribution in [0.3, 0.4) is 0 Å². The summed E-state index contributed by atoms with van der Waals surface area (Å²) < 4.78 is 28.8. The number of benzene rings is 3. The summed E-state index contributed by atoms with van der Waals surface area (Å²) in [7, 11) is 1.54. The van der Waals surface area contributed by atoms with Crippen LogP contribution in [-0.2, 0) is 48.1 Å². The second-order valence-corrected chi connectivity index (χ2v) is 12.0. The third-order valence-corrected chi connectivity index (χ3v) is 9.13. The van der Waals surface area contributed by atoms with Gasteiger partial charge < -0.3 is 24.1 Å². The third-order valence-electron chi connectivity index (χ3n) is 7.44. The van der Waals surface area contributed by atoms with Gasteiger partial charge >= 0.3 is 11.9 Å². The number of carbonyl (C=O) groups is 5. The number of nitrogens with one attached hydrogen (secondary N) is 1. The number of esters is 2. The Labute approximate surface area is 262 Å². The lowest BCUT2D eigenvalue weighted by Crippen LogP contribution is -2.78. The fourth-order valence-electron chi connectivity index (χ4n) is 5.14. The van der Waals surface area contributed by atoms with Gasteiger partial charge in [-0.25, -0.2) is 9.59 Å². The number of carbonyl (C=O) groups excluding carboxylic acids is 5. The molecule has 0 saturated carbocycles. The van der Waals surface area contributed by atoms with Crippen LogP contribution in [0, 0.1) is 0 Å². The molecule has 2 heterocycles. The van der Waals surface area contributed by atoms with Gasteiger partial charge in [-0.1, -0.05) is 67.2 Å². The van der Waals surface area contributed by atoms with Crippen LogP contribution < -0.4 is 10.1 Å². The molecule has 3 unspecified atom stereocenters. The van der Waals surface area contributed by atoms with Crippen LogP contribution in [0.2, 0.25) is 0 Å². The van der Waals surface area contributed by atoms with Crippen molar-refractivity contribution in [2.45, 2.75) is 30.5 Å². The Morgan fingerprint density at radius 1 is 0.978 bits per heavy atom. The van der Waals surface area contributed by atoms with Crippen LogP contribution in [0.15, 0.2) is 91.0 Å². The summed E-state index contributed by atoms with van der Waals surface area (Å²) in [6, 6.07) is 19.3. The molecule has 11 nitrogen and oxygen atoms in total. The van der Waals surface area contributed by atoms with Crippen molar-refractivity contribution in [1.82, 2.24) is 10.2 Å². The first-order chi connectivity index (χ1) is 21.7. The molecule has 0 aliphatic carbocycles. The number of ketones is 1. The summed E-state index contributed by atoms with van der Waals surface area (Å²) in [5.41, 5.74) is 1.79. The van der Waals surface area contributed by atoms with Gasteiger partial charge in [-0.05, 0) is 40.5 Å². The minimum absolute atomic E-state index is 0.0422. The van der Waals surface area contributed by atoms with Gasteiger partial charge in [-0.2, -0.15) is 0 Å². The molecule has 2 amide bonds. The largest absolute Gasteiger partial charge is 0.614 e. The molecular weight excluding hydrogens is 600 g/mol. The Bertz CT molecular complexity index is 1630. The van der Waals surface area contributed by atoms with Crippen molar-refractivity contribution in [2.75, 3.05) is 19.5 Å². The second kappa shape index (κ2) is 13.8. The van der Waals surface area contributed by atoms with Crippen LogP contribution in [0.4, 0.5) is 0 Å². The fourth-order valence-corrected chi connectivity index (χ4v) is 6.80. The van der Waals surface area contributed by atoms with E-state index in [2.05, 4.69) is 11.9 Å². The smallest absolute Gasteiger partial charge is 0.338 e. The standard InChI is InChI=1S/C33H30N2O9S/c1-20-19-45(41)31-28(30(38)35(31)29(20)33(40)43-17-21-12-14-24(42-2)15-13-21)34-27(37)16-23-10-6-7-11-25(23)32(39)44-18-26(36)22-8-4-3-5-9-22/h3-15,28-29,31H,1,16-19H2,2H3,(H,34,37)/t28?,29?,31-,45?/m1/s1. The Kier molecular flexibility index (Phi) is 9.65. The number of methoxy groups -OCH3 is 1. The molecule has 0 aromatic heterocycles. The lowest BCUT2D eigenvalue weighted by Gasteiger charge is -2.52. The van der Waals surface area contributed by atoms with E-state index in [9.17, 15) is 28.5 Å². The first-order valence-corrected chi connectivity index (χ1v) is 15.4. The van der Waals surface area contributed by atoms with E-state index < -0.39 is 59.0 Å². The summed E-state index contributed by atoms with van der Waals surface area (Å²) in [4.78, 5) is 65.6. The average Bonchev–Trinajstić information content (AvgIpc) is 3.05. The fraction of sp³-hybridized carbons (Fsp3) is 0.242. The van der Waals surface area contributed by atoms with Gasteiger partial charge in [0, 0.05) is 11.1 Å². The van der Waals surface area contributed by atoms with Crippen LogP contribution in [0.1, 0.15) is 31.8 Å². The molecule has 2 aliphatic rings. The SMILES string of the molecule is C=C1C[S+]([O-])[C@@H]2C(NC(=O)Cc3ccccc3C(=O)OCC(=O)c3ccccc3)C(=O)N2C1C(=O)OCc1ccc(OC)cc1. The zero-order chi connectivity index (χ0) is 32.1. The van der Waals surface area contributed by atoms with E-state index in [1.165, 1.54) is 13.2 Å². The van der Waals surface area contributed by atoms with Crippen LogP contribution in [-0.4, -0.2) is 75.9 Å². The van der Waals surface area contributed by atoms with Crippen molar-refractivity contribution in [1.29, 1.82) is 0 Å². The summed E-state index contributed by atoms with van der Waals surface area (Å²) in [6.45, 7) is 3.33. The Balaban J connectivity index is 1.19. The maximum absolute atomic E-state index is 13.2. The quantitative estimate of drug-likeness (QED) is 0.111. The van der Waals surface area contributed by atoms with Crippen molar-refractivity contribution < 1.29 is 42.7 Å². The monoisotopic (exact) mass is 630 g/mol. The summed E-state index contributed by atoms with van der Waals surface area (Å²) in [5, 5.41) is 1.65. The van der Waals surface area contributed by atoms with Crippen molar-refractivity contribution >= 4 is 40.7 Å². The highest BCUT2D eigenvalue weighted by Crippen LogP contribution is 2.37. The molecule has 45 heavy (non-hydrogen) atoms. The molecule has 2 fully saturated rings. The van der Waals surface area contributed by atoms with Gasteiger partial charge in [0.05, 0.1) is 19.1 Å². The average molecular weight is 631 g/mol. The number of hydrogen-bond acceptors (Lipinski definition) is 9. The topological polar surface area (TPSA) is 151 Å². The molecule has 2 aliphatic heterocycles. The van der Waals surface area contributed by atoms with Crippen molar-refractivity contribution in [3.05, 3.63) is 113 Å². The van der Waals surface area contributed by atoms with Crippen molar-refractivity contribution in [3.63, 3.8) is 0 Å². The summed E-state index contributed by atoms with van der Waals surface area (Å²) >= 11 is -1.62. The zero-order valence-electron chi connectivity index (χ0n) is 24.3. The Morgan fingerprint density at radius 3 is 2.38 bits per heavy atom. The van der Waals surface area contributed by atoms with Crippen LogP contribution >= 0.6 is 0 Å². The number of amides is 2. The van der Waals surface area contributed by atoms with E-state index >= 15 is 0 Å². The molecule has 0 radical (unpaired) electrons. The zero-order valence-corrected chi connectivity index (χ0v) is 25.1. The van der Waals surface area contributed by atoms with Gasteiger partial charge in [0.15, 0.2) is 24.5 Å². The molecule has 12 heteroatoms. The van der Waals surface area contributed by atoms with Crippen LogP contribution in [0.25, 0.3) is 0 Å². The number of fused-ring (bicyclic) bond motifs is 1. The minimum Gasteiger partial charge on any atom is -0.614 e. The molecule has 232 valence electrons. The number of Topliss-reactive ketones (excluding diaryl/α,β-unsaturated/α-hetero) is 1. The van der Waals surface area contributed by atoms with Gasteiger partial charge in [0.1, 0.15) is 18.1 Å². The Hall–Kier alpha value is -4.94. The number of β-lactam (4-membered cyclic amide) rings is 1. The molecule has 0 spiro atoms. The van der Waals surface area contributed by atoms with E-state index in [1.54, 1.807) is 72.8 Å². The minimum atomic E-state index is -1.62. The molecule has 0 bridgehead atoms. The molecule has 3 aromatic carbocycles. The normalized spacial score (nSPS) is 20.4. The molecular formula is C33H30N2O9S. The van der Waals surface area contributed by atoms with Gasteiger partial charge in [-0.3, -0.25) is 19.3 Å². The first-order valence-electron chi connectivity index (χ1n) is 14.0. The van der Waals surface area contributed by atoms with E-state index in [-0.39, 0.29) is 35.7 Å². The summed E-state index contributed by atoms with van der Waals surface area (Å²) in [5.74, 6) is -2.47. The highest BCUT2D eigenvalue weighted by molar-refractivity contribution is 7.92. The van der Waals surface area contributed by atoms with Crippen molar-refractivity contribution in [3.8, 4) is 5.75 Å². The predicted octanol–water partition coefficient (Wildman–Crippen LogP) is 2.36. The first kappa shape index (κ1) is 31.5. The summed E-state index contributed by atoms with van der Waals surface area (Å²) in [6.07, 6.45) is -0.291. The number of hydrogen-bond donors (Lipinski definition) is 1. The maximum Gasteiger partial charge on any atom is 0.338 e.